The average Bonchev–Trinajstić information content (AvgIpc) is 0.842. The van der Waals surface area contributed by atoms with Crippen LogP contribution in [0.3, 0.4) is 0 Å². The summed E-state index contributed by atoms with van der Waals surface area (Å²) in [7, 11) is 0. The lowest BCUT2D eigenvalue weighted by Crippen LogP contribution is -2.66. The highest BCUT2D eigenvalue weighted by Crippen LogP contribution is 2.33. The summed E-state index contributed by atoms with van der Waals surface area (Å²) >= 11 is 0. The molecule has 526 valence electrons. The van der Waals surface area contributed by atoms with Crippen LogP contribution in [0.4, 0.5) is 0 Å². The van der Waals surface area contributed by atoms with Gasteiger partial charge in [-0.1, -0.05) is 198 Å². The molecule has 17 atom stereocenters. The molecule has 0 saturated carbocycles. The van der Waals surface area contributed by atoms with Crippen LogP contribution in [0, 0.1) is 0 Å². The van der Waals surface area contributed by atoms with Crippen molar-refractivity contribution >= 4 is 5.91 Å². The number of hydrogen-bond donors (Lipinski definition) is 12. The van der Waals surface area contributed by atoms with Crippen molar-refractivity contribution in [2.45, 2.75) is 272 Å². The second kappa shape index (κ2) is 53.5. The lowest BCUT2D eigenvalue weighted by atomic mass is 9.96. The molecule has 3 heterocycles. The van der Waals surface area contributed by atoms with Crippen LogP contribution in [-0.2, 0) is 33.2 Å². The third-order valence-electron chi connectivity index (χ3n) is 15.8. The van der Waals surface area contributed by atoms with E-state index in [9.17, 15) is 61.0 Å². The summed E-state index contributed by atoms with van der Waals surface area (Å²) in [6.45, 7) is 1.49. The van der Waals surface area contributed by atoms with E-state index in [0.717, 1.165) is 116 Å². The van der Waals surface area contributed by atoms with Crippen LogP contribution >= 0.6 is 0 Å². The summed E-state index contributed by atoms with van der Waals surface area (Å²) in [5, 5.41) is 120. The van der Waals surface area contributed by atoms with Gasteiger partial charge in [0.15, 0.2) is 18.9 Å². The summed E-state index contributed by atoms with van der Waals surface area (Å²) in [6.07, 6.45) is 50.9. The van der Waals surface area contributed by atoms with Gasteiger partial charge >= 0.3 is 0 Å². The highest BCUT2D eigenvalue weighted by atomic mass is 16.8. The minimum Gasteiger partial charge on any atom is -0.394 e. The SMILES string of the molecule is CC/C=C\C/C=C\C/C=C\C/C=C\C/C=C\C/C=C\C/C=C\C/C=C\C/C=C\C/C=C\CCCCCCC(=O)NC(COC1OC(CO)C(OC2OC(CO)C(OC3OC(CO)C(O)C(O)C3O)C(O)C2O)C(O)C1O)C(O)/C=C/CC/C=C/CC/C=C/CCCCC. The predicted octanol–water partition coefficient (Wildman–Crippen LogP) is 8.93. The van der Waals surface area contributed by atoms with Crippen LogP contribution in [0.2, 0.25) is 0 Å². The van der Waals surface area contributed by atoms with E-state index >= 15 is 0 Å². The van der Waals surface area contributed by atoms with Crippen LogP contribution in [0.5, 0.6) is 0 Å². The predicted molar refractivity (Wildman–Crippen MR) is 364 cm³/mol. The molecule has 3 fully saturated rings. The number of unbranched alkanes of at least 4 members (excludes halogenated alkanes) is 9. The van der Waals surface area contributed by atoms with E-state index < -0.39 is 131 Å². The van der Waals surface area contributed by atoms with E-state index in [1.165, 1.54) is 19.3 Å². The van der Waals surface area contributed by atoms with Crippen LogP contribution in [-0.4, -0.2) is 193 Å². The molecule has 93 heavy (non-hydrogen) atoms. The molecule has 12 N–H and O–H groups in total. The van der Waals surface area contributed by atoms with Gasteiger partial charge < -0.3 is 89.9 Å². The number of aliphatic hydroxyl groups is 11. The largest absolute Gasteiger partial charge is 0.394 e. The molecule has 19 heteroatoms. The van der Waals surface area contributed by atoms with Crippen LogP contribution in [0.25, 0.3) is 0 Å². The quantitative estimate of drug-likeness (QED) is 0.0200. The first-order chi connectivity index (χ1) is 45.3. The highest BCUT2D eigenvalue weighted by molar-refractivity contribution is 5.76. The minimum absolute atomic E-state index is 0.190. The fraction of sp³-hybridized carbons (Fsp3) is 0.635. The van der Waals surface area contributed by atoms with Crippen molar-refractivity contribution in [1.82, 2.24) is 5.32 Å². The molecular weight excluding hydrogens is 1190 g/mol. The van der Waals surface area contributed by atoms with Gasteiger partial charge in [-0.3, -0.25) is 4.79 Å². The molecule has 0 radical (unpaired) electrons. The third kappa shape index (κ3) is 35.3. The number of amides is 1. The van der Waals surface area contributed by atoms with Crippen molar-refractivity contribution in [3.63, 3.8) is 0 Å². The molecule has 3 aliphatic rings. The second-order valence-corrected chi connectivity index (χ2v) is 23.5. The molecule has 0 aromatic heterocycles. The Morgan fingerprint density at radius 2 is 0.753 bits per heavy atom. The maximum absolute atomic E-state index is 13.4. The Morgan fingerprint density at radius 1 is 0.398 bits per heavy atom. The number of aliphatic hydroxyl groups excluding tert-OH is 11. The lowest BCUT2D eigenvalue weighted by Gasteiger charge is -2.48. The molecule has 17 unspecified atom stereocenters. The number of carbonyl (C=O) groups excluding carboxylic acids is 1. The monoisotopic (exact) mass is 1310 g/mol. The smallest absolute Gasteiger partial charge is 0.220 e. The van der Waals surface area contributed by atoms with E-state index in [4.69, 9.17) is 28.4 Å². The number of rotatable bonds is 49. The first-order valence-corrected chi connectivity index (χ1v) is 34.2. The molecule has 3 rings (SSSR count). The lowest BCUT2D eigenvalue weighted by molar-refractivity contribution is -0.379. The zero-order valence-corrected chi connectivity index (χ0v) is 55.4. The molecular formula is C74H117NO18. The zero-order chi connectivity index (χ0) is 67.5. The Morgan fingerprint density at radius 3 is 1.19 bits per heavy atom. The fourth-order valence-electron chi connectivity index (χ4n) is 10.2. The summed E-state index contributed by atoms with van der Waals surface area (Å²) in [6, 6.07) is -1.02. The molecule has 0 aromatic rings. The molecule has 0 spiro atoms. The van der Waals surface area contributed by atoms with Gasteiger partial charge in [0.05, 0.1) is 38.6 Å². The molecule has 0 bridgehead atoms. The van der Waals surface area contributed by atoms with Crippen LogP contribution < -0.4 is 5.32 Å². The standard InChI is InChI=1S/C74H117NO18/c1-3-5-7-9-11-13-15-17-18-19-20-21-22-23-24-25-26-27-28-29-30-31-32-33-34-35-36-37-38-40-42-44-46-48-50-52-62(80)75-57(58(79)51-49-47-45-43-41-39-16-14-12-10-8-6-4-2)56-88-72-68(86)65(83)70(60(54-77)90-72)93-74-69(87)66(84)71(61(55-78)91-74)92-73-67(85)64(82)63(81)59(53-76)89-73/h5,7,11-14,17-18,20-21,23-24,26-27,29-30,32-33,35-36,38,40-41,43,49,51,57-61,63-74,76-79,81-87H,3-4,6,8-10,15-16,19,22,25,28,31,34,37,39,42,44-48,50,52-56H2,1-2H3,(H,75,80)/b7-5-,13-11-,14-12+,18-17-,21-20-,24-23-,27-26-,30-29-,33-32-,36-35-,40-38-,43-41+,51-49+. The van der Waals surface area contributed by atoms with Gasteiger partial charge in [-0.25, -0.2) is 0 Å². The van der Waals surface area contributed by atoms with Crippen molar-refractivity contribution < 1.29 is 89.4 Å². The van der Waals surface area contributed by atoms with Gasteiger partial charge in [-0.15, -0.1) is 0 Å². The van der Waals surface area contributed by atoms with Gasteiger partial charge in [0.25, 0.3) is 0 Å². The van der Waals surface area contributed by atoms with Crippen molar-refractivity contribution in [1.29, 1.82) is 0 Å². The van der Waals surface area contributed by atoms with E-state index in [0.29, 0.717) is 12.8 Å². The first kappa shape index (κ1) is 82.6. The zero-order valence-electron chi connectivity index (χ0n) is 55.4. The van der Waals surface area contributed by atoms with Crippen LogP contribution in [0.15, 0.2) is 158 Å². The Bertz CT molecular complexity index is 2300. The van der Waals surface area contributed by atoms with Crippen molar-refractivity contribution in [3.05, 3.63) is 158 Å². The van der Waals surface area contributed by atoms with Gasteiger partial charge in [0, 0.05) is 6.42 Å². The number of carbonyl (C=O) groups is 1. The summed E-state index contributed by atoms with van der Waals surface area (Å²) < 4.78 is 34.2. The Kier molecular flexibility index (Phi) is 47.6. The number of nitrogens with one attached hydrogen (secondary N) is 1. The highest BCUT2D eigenvalue weighted by Gasteiger charge is 2.53. The summed E-state index contributed by atoms with van der Waals surface area (Å²) in [4.78, 5) is 13.4. The Labute approximate surface area is 555 Å². The van der Waals surface area contributed by atoms with Gasteiger partial charge in [-0.05, 0) is 122 Å². The molecule has 1 amide bonds. The topological polar surface area (TPSA) is 307 Å². The molecule has 3 saturated heterocycles. The van der Waals surface area contributed by atoms with E-state index in [1.807, 2.05) is 6.08 Å². The van der Waals surface area contributed by atoms with Gasteiger partial charge in [0.2, 0.25) is 5.91 Å². The van der Waals surface area contributed by atoms with E-state index in [2.05, 4.69) is 165 Å². The van der Waals surface area contributed by atoms with Gasteiger partial charge in [0.1, 0.15) is 73.2 Å². The molecule has 3 aliphatic heterocycles. The third-order valence-corrected chi connectivity index (χ3v) is 15.8. The van der Waals surface area contributed by atoms with Crippen molar-refractivity contribution in [2.24, 2.45) is 0 Å². The number of allylic oxidation sites excluding steroid dienone is 25. The summed E-state index contributed by atoms with van der Waals surface area (Å²) in [5.41, 5.74) is 0. The number of ether oxygens (including phenoxy) is 6. The van der Waals surface area contributed by atoms with E-state index in [-0.39, 0.29) is 12.3 Å². The maximum atomic E-state index is 13.4. The number of hydrogen-bond acceptors (Lipinski definition) is 18. The molecule has 0 aromatic carbocycles. The van der Waals surface area contributed by atoms with E-state index in [1.54, 1.807) is 6.08 Å². The average molecular weight is 1310 g/mol. The Balaban J connectivity index is 1.41. The van der Waals surface area contributed by atoms with Crippen LogP contribution in [0.1, 0.15) is 168 Å². The maximum Gasteiger partial charge on any atom is 0.220 e. The molecule has 19 nitrogen and oxygen atoms in total. The minimum atomic E-state index is -1.99. The Hall–Kier alpha value is -4.59. The van der Waals surface area contributed by atoms with Gasteiger partial charge in [-0.2, -0.15) is 0 Å². The van der Waals surface area contributed by atoms with Crippen molar-refractivity contribution in [3.8, 4) is 0 Å². The second-order valence-electron chi connectivity index (χ2n) is 23.5. The summed E-state index contributed by atoms with van der Waals surface area (Å²) in [5.74, 6) is -0.324. The first-order valence-electron chi connectivity index (χ1n) is 34.2. The normalized spacial score (nSPS) is 28.5. The molecule has 0 aliphatic carbocycles. The van der Waals surface area contributed by atoms with Crippen molar-refractivity contribution in [2.75, 3.05) is 26.4 Å². The fourth-order valence-corrected chi connectivity index (χ4v) is 10.2.